The van der Waals surface area contributed by atoms with Crippen LogP contribution in [-0.2, 0) is 0 Å². The lowest BCUT2D eigenvalue weighted by atomic mass is 10.1. The van der Waals surface area contributed by atoms with Gasteiger partial charge in [0.05, 0.1) is 9.85 Å². The van der Waals surface area contributed by atoms with Gasteiger partial charge in [0.25, 0.3) is 17.3 Å². The molecular formula is C17H17N5O5. The van der Waals surface area contributed by atoms with Crippen molar-refractivity contribution in [2.75, 3.05) is 23.4 Å². The lowest BCUT2D eigenvalue weighted by Gasteiger charge is -2.18. The number of para-hydroxylation sites is 2. The van der Waals surface area contributed by atoms with Crippen molar-refractivity contribution in [2.24, 2.45) is 0 Å². The third kappa shape index (κ3) is 3.94. The first-order chi connectivity index (χ1) is 13.0. The van der Waals surface area contributed by atoms with E-state index in [-0.39, 0.29) is 22.6 Å². The Bertz CT molecular complexity index is 895. The van der Waals surface area contributed by atoms with Crippen molar-refractivity contribution in [1.29, 1.82) is 0 Å². The molecule has 0 spiro atoms. The molecule has 0 aliphatic carbocycles. The Hall–Kier alpha value is -3.69. The minimum Gasteiger partial charge on any atom is -0.366 e. The molecule has 0 bridgehead atoms. The number of hydrogen-bond donors (Lipinski definition) is 2. The molecule has 1 amide bonds. The van der Waals surface area contributed by atoms with Gasteiger partial charge in [-0.3, -0.25) is 35.9 Å². The van der Waals surface area contributed by atoms with Crippen molar-refractivity contribution in [3.8, 4) is 0 Å². The summed E-state index contributed by atoms with van der Waals surface area (Å²) in [7, 11) is 0. The fourth-order valence-corrected chi connectivity index (χ4v) is 2.97. The molecule has 0 aromatic heterocycles. The molecule has 3 rings (SSSR count). The normalized spacial score (nSPS) is 13.3. The van der Waals surface area contributed by atoms with Crippen molar-refractivity contribution in [1.82, 2.24) is 5.43 Å². The maximum Gasteiger partial charge on any atom is 0.294 e. The van der Waals surface area contributed by atoms with Gasteiger partial charge in [0.2, 0.25) is 0 Å². The van der Waals surface area contributed by atoms with Gasteiger partial charge in [-0.2, -0.15) is 0 Å². The number of nitrogens with zero attached hydrogens (tertiary/aromatic N) is 3. The molecule has 1 saturated heterocycles. The number of carbonyl (C=O) groups is 1. The van der Waals surface area contributed by atoms with Crippen LogP contribution in [0.4, 0.5) is 22.7 Å². The predicted octanol–water partition coefficient (Wildman–Crippen LogP) is 2.86. The number of nitro groups is 2. The Balaban J connectivity index is 1.78. The van der Waals surface area contributed by atoms with Crippen LogP contribution in [0.5, 0.6) is 0 Å². The van der Waals surface area contributed by atoms with Crippen LogP contribution in [0.15, 0.2) is 42.5 Å². The van der Waals surface area contributed by atoms with Crippen LogP contribution >= 0.6 is 0 Å². The monoisotopic (exact) mass is 371 g/mol. The number of benzene rings is 2. The van der Waals surface area contributed by atoms with Crippen LogP contribution in [0.3, 0.4) is 0 Å². The van der Waals surface area contributed by atoms with E-state index in [1.54, 1.807) is 12.1 Å². The Morgan fingerprint density at radius 2 is 1.63 bits per heavy atom. The summed E-state index contributed by atoms with van der Waals surface area (Å²) in [6.07, 6.45) is 1.94. The van der Waals surface area contributed by atoms with Gasteiger partial charge >= 0.3 is 0 Å². The summed E-state index contributed by atoms with van der Waals surface area (Å²) in [5, 5.41) is 22.4. The molecule has 0 unspecified atom stereocenters. The molecule has 0 radical (unpaired) electrons. The number of carbonyl (C=O) groups excluding carboxylic acids is 1. The predicted molar refractivity (Wildman–Crippen MR) is 98.7 cm³/mol. The van der Waals surface area contributed by atoms with E-state index in [1.165, 1.54) is 30.3 Å². The van der Waals surface area contributed by atoms with Crippen LogP contribution < -0.4 is 15.8 Å². The van der Waals surface area contributed by atoms with Gasteiger partial charge in [-0.1, -0.05) is 12.1 Å². The van der Waals surface area contributed by atoms with Crippen LogP contribution in [0.2, 0.25) is 0 Å². The van der Waals surface area contributed by atoms with Crippen molar-refractivity contribution in [2.45, 2.75) is 12.8 Å². The van der Waals surface area contributed by atoms with E-state index in [9.17, 15) is 25.0 Å². The Morgan fingerprint density at radius 1 is 0.963 bits per heavy atom. The molecule has 2 N–H and O–H groups in total. The van der Waals surface area contributed by atoms with E-state index in [1.807, 2.05) is 4.90 Å². The number of amides is 1. The molecule has 10 nitrogen and oxygen atoms in total. The summed E-state index contributed by atoms with van der Waals surface area (Å²) in [5.74, 6) is -0.635. The maximum atomic E-state index is 12.3. The standard InChI is InChI=1S/C17H17N5O5/c23-17(19-18-13-5-1-2-6-14(13)21(24)25)12-7-8-15(16(11-12)22(26)27)20-9-3-4-10-20/h1-2,5-8,11,18H,3-4,9-10H2,(H,19,23). The van der Waals surface area contributed by atoms with E-state index >= 15 is 0 Å². The second kappa shape index (κ2) is 7.68. The Kier molecular flexibility index (Phi) is 5.15. The zero-order valence-corrected chi connectivity index (χ0v) is 14.3. The topological polar surface area (TPSA) is 131 Å². The molecule has 0 atom stereocenters. The summed E-state index contributed by atoms with van der Waals surface area (Å²) < 4.78 is 0. The van der Waals surface area contributed by atoms with E-state index in [4.69, 9.17) is 0 Å². The van der Waals surface area contributed by atoms with Crippen molar-refractivity contribution in [3.63, 3.8) is 0 Å². The van der Waals surface area contributed by atoms with Gasteiger partial charge in [-0.25, -0.2) is 0 Å². The number of nitrogens with one attached hydrogen (secondary N) is 2. The fourth-order valence-electron chi connectivity index (χ4n) is 2.97. The maximum absolute atomic E-state index is 12.3. The lowest BCUT2D eigenvalue weighted by molar-refractivity contribution is -0.384. The minimum absolute atomic E-state index is 0.0794. The number of anilines is 2. The second-order valence-electron chi connectivity index (χ2n) is 6.01. The molecule has 1 aliphatic rings. The van der Waals surface area contributed by atoms with E-state index in [0.717, 1.165) is 25.9 Å². The molecule has 1 heterocycles. The molecular weight excluding hydrogens is 354 g/mol. The van der Waals surface area contributed by atoms with Crippen molar-refractivity contribution in [3.05, 3.63) is 68.3 Å². The van der Waals surface area contributed by atoms with E-state index in [0.29, 0.717) is 5.69 Å². The van der Waals surface area contributed by atoms with E-state index < -0.39 is 15.8 Å². The number of hydrazine groups is 1. The van der Waals surface area contributed by atoms with Gasteiger partial charge in [-0.05, 0) is 31.0 Å². The summed E-state index contributed by atoms with van der Waals surface area (Å²) >= 11 is 0. The molecule has 0 saturated carbocycles. The zero-order chi connectivity index (χ0) is 19.4. The average molecular weight is 371 g/mol. The smallest absolute Gasteiger partial charge is 0.294 e. The first kappa shape index (κ1) is 18.1. The Morgan fingerprint density at radius 3 is 2.30 bits per heavy atom. The minimum atomic E-state index is -0.635. The molecule has 27 heavy (non-hydrogen) atoms. The first-order valence-corrected chi connectivity index (χ1v) is 8.30. The highest BCUT2D eigenvalue weighted by Gasteiger charge is 2.24. The fraction of sp³-hybridized carbons (Fsp3) is 0.235. The lowest BCUT2D eigenvalue weighted by Crippen LogP contribution is -2.30. The molecule has 2 aromatic rings. The highest BCUT2D eigenvalue weighted by Crippen LogP contribution is 2.31. The molecule has 2 aromatic carbocycles. The highest BCUT2D eigenvalue weighted by atomic mass is 16.6. The molecule has 140 valence electrons. The average Bonchev–Trinajstić information content (AvgIpc) is 3.20. The largest absolute Gasteiger partial charge is 0.366 e. The van der Waals surface area contributed by atoms with Crippen LogP contribution in [0, 0.1) is 20.2 Å². The zero-order valence-electron chi connectivity index (χ0n) is 14.3. The highest BCUT2D eigenvalue weighted by molar-refractivity contribution is 5.96. The van der Waals surface area contributed by atoms with Crippen LogP contribution in [-0.4, -0.2) is 28.8 Å². The Labute approximate surface area is 154 Å². The van der Waals surface area contributed by atoms with Crippen molar-refractivity contribution < 1.29 is 14.6 Å². The van der Waals surface area contributed by atoms with Gasteiger partial charge in [0, 0.05) is 30.8 Å². The SMILES string of the molecule is O=C(NNc1ccccc1[N+](=O)[O-])c1ccc(N2CCCC2)c([N+](=O)[O-])c1. The quantitative estimate of drug-likeness (QED) is 0.589. The van der Waals surface area contributed by atoms with Gasteiger partial charge in [0.1, 0.15) is 11.4 Å². The molecule has 1 aliphatic heterocycles. The van der Waals surface area contributed by atoms with Crippen LogP contribution in [0.25, 0.3) is 0 Å². The molecule has 10 heteroatoms. The first-order valence-electron chi connectivity index (χ1n) is 8.30. The second-order valence-corrected chi connectivity index (χ2v) is 6.01. The number of nitro benzene ring substituents is 2. The molecule has 1 fully saturated rings. The number of hydrogen-bond acceptors (Lipinski definition) is 7. The summed E-state index contributed by atoms with van der Waals surface area (Å²) in [6.45, 7) is 1.48. The summed E-state index contributed by atoms with van der Waals surface area (Å²) in [4.78, 5) is 35.6. The van der Waals surface area contributed by atoms with E-state index in [2.05, 4.69) is 10.9 Å². The third-order valence-corrected chi connectivity index (χ3v) is 4.29. The van der Waals surface area contributed by atoms with Gasteiger partial charge in [0.15, 0.2) is 0 Å². The summed E-state index contributed by atoms with van der Waals surface area (Å²) in [6, 6.07) is 10.1. The van der Waals surface area contributed by atoms with Gasteiger partial charge < -0.3 is 4.90 Å². The third-order valence-electron chi connectivity index (χ3n) is 4.29. The van der Waals surface area contributed by atoms with Crippen LogP contribution in [0.1, 0.15) is 23.2 Å². The number of rotatable bonds is 6. The van der Waals surface area contributed by atoms with Gasteiger partial charge in [-0.15, -0.1) is 0 Å². The van der Waals surface area contributed by atoms with Crippen molar-refractivity contribution >= 4 is 28.7 Å². The summed E-state index contributed by atoms with van der Waals surface area (Å²) in [5.41, 5.74) is 5.16.